The van der Waals surface area contributed by atoms with Crippen molar-refractivity contribution in [2.45, 2.75) is 65.5 Å². The van der Waals surface area contributed by atoms with E-state index >= 15 is 0 Å². The van der Waals surface area contributed by atoms with E-state index in [4.69, 9.17) is 0 Å². The summed E-state index contributed by atoms with van der Waals surface area (Å²) in [5.41, 5.74) is 0. The van der Waals surface area contributed by atoms with Gasteiger partial charge in [0.15, 0.2) is 0 Å². The molecule has 0 aromatic carbocycles. The second-order valence-electron chi connectivity index (χ2n) is 6.45. The highest BCUT2D eigenvalue weighted by Gasteiger charge is 2.22. The van der Waals surface area contributed by atoms with Crippen molar-refractivity contribution >= 4 is 11.8 Å². The molecule has 122 valence electrons. The minimum absolute atomic E-state index is 0.0770. The average molecular weight is 297 g/mol. The number of hydrogen-bond acceptors (Lipinski definition) is 3. The summed E-state index contributed by atoms with van der Waals surface area (Å²) < 4.78 is 0. The highest BCUT2D eigenvalue weighted by Crippen LogP contribution is 2.16. The van der Waals surface area contributed by atoms with Crippen molar-refractivity contribution in [1.29, 1.82) is 0 Å². The van der Waals surface area contributed by atoms with Gasteiger partial charge < -0.3 is 15.5 Å². The maximum Gasteiger partial charge on any atom is 0.242 e. The molecule has 0 spiro atoms. The second kappa shape index (κ2) is 9.03. The molecule has 1 aliphatic rings. The van der Waals surface area contributed by atoms with Crippen LogP contribution in [-0.2, 0) is 9.59 Å². The number of rotatable bonds is 7. The fraction of sp³-hybridized carbons (Fsp3) is 0.875. The Morgan fingerprint density at radius 3 is 2.57 bits per heavy atom. The first-order valence-electron chi connectivity index (χ1n) is 8.20. The topological polar surface area (TPSA) is 61.4 Å². The van der Waals surface area contributed by atoms with Crippen molar-refractivity contribution in [1.82, 2.24) is 15.5 Å². The Labute approximate surface area is 128 Å². The maximum atomic E-state index is 12.1. The third kappa shape index (κ3) is 6.46. The summed E-state index contributed by atoms with van der Waals surface area (Å²) in [6.45, 7) is 10.5. The Bertz CT molecular complexity index is 344. The molecule has 5 heteroatoms. The van der Waals surface area contributed by atoms with Crippen molar-refractivity contribution in [3.05, 3.63) is 0 Å². The summed E-state index contributed by atoms with van der Waals surface area (Å²) in [5.74, 6) is -0.145. The molecule has 0 radical (unpaired) electrons. The van der Waals surface area contributed by atoms with Gasteiger partial charge >= 0.3 is 0 Å². The Balaban J connectivity index is 2.26. The Kier molecular flexibility index (Phi) is 7.72. The first-order chi connectivity index (χ1) is 9.91. The summed E-state index contributed by atoms with van der Waals surface area (Å²) in [6.07, 6.45) is 4.86. The molecule has 1 aliphatic heterocycles. The smallest absolute Gasteiger partial charge is 0.242 e. The van der Waals surface area contributed by atoms with E-state index in [9.17, 15) is 9.59 Å². The SMILES string of the molecule is CC(=O)NC(C(=O)NCCCN1CCCCC1C)C(C)C. The van der Waals surface area contributed by atoms with E-state index in [1.54, 1.807) is 0 Å². The lowest BCUT2D eigenvalue weighted by molar-refractivity contribution is -0.129. The van der Waals surface area contributed by atoms with E-state index in [0.29, 0.717) is 12.6 Å². The molecule has 2 amide bonds. The molecule has 2 N–H and O–H groups in total. The van der Waals surface area contributed by atoms with Crippen LogP contribution in [0.4, 0.5) is 0 Å². The maximum absolute atomic E-state index is 12.1. The van der Waals surface area contributed by atoms with Crippen molar-refractivity contribution in [3.8, 4) is 0 Å². The zero-order chi connectivity index (χ0) is 15.8. The number of hydrogen-bond donors (Lipinski definition) is 2. The van der Waals surface area contributed by atoms with Gasteiger partial charge in [0.25, 0.3) is 0 Å². The van der Waals surface area contributed by atoms with Gasteiger partial charge in [0.05, 0.1) is 0 Å². The van der Waals surface area contributed by atoms with E-state index in [1.165, 1.54) is 32.7 Å². The fourth-order valence-electron chi connectivity index (χ4n) is 2.85. The molecule has 2 unspecified atom stereocenters. The molecule has 0 aromatic rings. The largest absolute Gasteiger partial charge is 0.354 e. The van der Waals surface area contributed by atoms with Crippen molar-refractivity contribution in [2.24, 2.45) is 5.92 Å². The van der Waals surface area contributed by atoms with Gasteiger partial charge in [-0.15, -0.1) is 0 Å². The second-order valence-corrected chi connectivity index (χ2v) is 6.45. The van der Waals surface area contributed by atoms with Gasteiger partial charge in [0, 0.05) is 26.1 Å². The number of carbonyl (C=O) groups excluding carboxylic acids is 2. The average Bonchev–Trinajstić information content (AvgIpc) is 2.42. The Hall–Kier alpha value is -1.10. The number of amides is 2. The van der Waals surface area contributed by atoms with E-state index < -0.39 is 6.04 Å². The standard InChI is InChI=1S/C16H31N3O2/c1-12(2)15(18-14(4)20)16(21)17-9-7-11-19-10-6-5-8-13(19)3/h12-13,15H,5-11H2,1-4H3,(H,17,21)(H,18,20). The van der Waals surface area contributed by atoms with Crippen LogP contribution in [0.2, 0.25) is 0 Å². The molecule has 21 heavy (non-hydrogen) atoms. The summed E-state index contributed by atoms with van der Waals surface area (Å²) in [4.78, 5) is 25.7. The monoisotopic (exact) mass is 297 g/mol. The van der Waals surface area contributed by atoms with Gasteiger partial charge in [-0.05, 0) is 38.6 Å². The summed E-state index contributed by atoms with van der Waals surface area (Å²) in [6, 6.07) is 0.230. The number of carbonyl (C=O) groups is 2. The molecule has 2 atom stereocenters. The molecule has 0 aliphatic carbocycles. The van der Waals surface area contributed by atoms with Crippen LogP contribution in [0.25, 0.3) is 0 Å². The van der Waals surface area contributed by atoms with Gasteiger partial charge in [0.1, 0.15) is 6.04 Å². The third-order valence-corrected chi connectivity index (χ3v) is 4.17. The lowest BCUT2D eigenvalue weighted by Crippen LogP contribution is -2.49. The lowest BCUT2D eigenvalue weighted by Gasteiger charge is -2.33. The molecule has 0 saturated carbocycles. The molecule has 1 saturated heterocycles. The molecule has 0 aromatic heterocycles. The van der Waals surface area contributed by atoms with E-state index in [2.05, 4.69) is 22.5 Å². The number of likely N-dealkylation sites (tertiary alicyclic amines) is 1. The summed E-state index contributed by atoms with van der Waals surface area (Å²) in [7, 11) is 0. The van der Waals surface area contributed by atoms with Crippen molar-refractivity contribution in [2.75, 3.05) is 19.6 Å². The van der Waals surface area contributed by atoms with E-state index in [-0.39, 0.29) is 17.7 Å². The Morgan fingerprint density at radius 1 is 1.29 bits per heavy atom. The van der Waals surface area contributed by atoms with Crippen LogP contribution in [0.1, 0.15) is 53.4 Å². The summed E-state index contributed by atoms with van der Waals surface area (Å²) >= 11 is 0. The third-order valence-electron chi connectivity index (χ3n) is 4.17. The van der Waals surface area contributed by atoms with E-state index in [0.717, 1.165) is 13.0 Å². The van der Waals surface area contributed by atoms with Crippen LogP contribution in [0.5, 0.6) is 0 Å². The quantitative estimate of drug-likeness (QED) is 0.701. The molecular weight excluding hydrogens is 266 g/mol. The van der Waals surface area contributed by atoms with Crippen LogP contribution in [-0.4, -0.2) is 48.4 Å². The molecule has 1 fully saturated rings. The molecule has 0 bridgehead atoms. The first kappa shape index (κ1) is 18.0. The van der Waals surface area contributed by atoms with Gasteiger partial charge in [0.2, 0.25) is 11.8 Å². The van der Waals surface area contributed by atoms with Crippen molar-refractivity contribution < 1.29 is 9.59 Å². The number of nitrogens with zero attached hydrogens (tertiary/aromatic N) is 1. The van der Waals surface area contributed by atoms with Crippen LogP contribution < -0.4 is 10.6 Å². The molecular formula is C16H31N3O2. The summed E-state index contributed by atoms with van der Waals surface area (Å²) in [5, 5.41) is 5.66. The van der Waals surface area contributed by atoms with Crippen LogP contribution >= 0.6 is 0 Å². The fourth-order valence-corrected chi connectivity index (χ4v) is 2.85. The van der Waals surface area contributed by atoms with Crippen LogP contribution in [0, 0.1) is 5.92 Å². The zero-order valence-corrected chi connectivity index (χ0v) is 13.9. The minimum Gasteiger partial charge on any atom is -0.354 e. The Morgan fingerprint density at radius 2 is 2.00 bits per heavy atom. The lowest BCUT2D eigenvalue weighted by atomic mass is 10.0. The zero-order valence-electron chi connectivity index (χ0n) is 13.9. The highest BCUT2D eigenvalue weighted by atomic mass is 16.2. The molecule has 1 rings (SSSR count). The normalized spacial score (nSPS) is 21.1. The van der Waals surface area contributed by atoms with Gasteiger partial charge in [-0.25, -0.2) is 0 Å². The number of piperidine rings is 1. The van der Waals surface area contributed by atoms with Crippen LogP contribution in [0.3, 0.4) is 0 Å². The predicted molar refractivity (Wildman–Crippen MR) is 85.0 cm³/mol. The molecule has 5 nitrogen and oxygen atoms in total. The predicted octanol–water partition coefficient (Wildman–Crippen LogP) is 1.53. The number of nitrogens with one attached hydrogen (secondary N) is 2. The van der Waals surface area contributed by atoms with E-state index in [1.807, 2.05) is 13.8 Å². The van der Waals surface area contributed by atoms with Gasteiger partial charge in [-0.2, -0.15) is 0 Å². The highest BCUT2D eigenvalue weighted by molar-refractivity contribution is 5.86. The molecule has 1 heterocycles. The first-order valence-corrected chi connectivity index (χ1v) is 8.20. The minimum atomic E-state index is -0.434. The van der Waals surface area contributed by atoms with Gasteiger partial charge in [-0.3, -0.25) is 9.59 Å². The van der Waals surface area contributed by atoms with Crippen molar-refractivity contribution in [3.63, 3.8) is 0 Å². The van der Waals surface area contributed by atoms with Crippen LogP contribution in [0.15, 0.2) is 0 Å². The van der Waals surface area contributed by atoms with Gasteiger partial charge in [-0.1, -0.05) is 20.3 Å².